The number of piperidine rings is 2. The van der Waals surface area contributed by atoms with Crippen molar-refractivity contribution in [3.05, 3.63) is 0 Å². The fourth-order valence-electron chi connectivity index (χ4n) is 4.15. The zero-order chi connectivity index (χ0) is 13.0. The van der Waals surface area contributed by atoms with Gasteiger partial charge in [-0.25, -0.2) is 0 Å². The number of rotatable bonds is 0. The molecular weight excluding hydrogens is 208 g/mol. The smallest absolute Gasteiger partial charge is 0.0255 e. The van der Waals surface area contributed by atoms with Crippen molar-refractivity contribution < 1.29 is 0 Å². The van der Waals surface area contributed by atoms with Gasteiger partial charge in [-0.2, -0.15) is 0 Å². The third-order valence-corrected chi connectivity index (χ3v) is 4.63. The van der Waals surface area contributed by atoms with E-state index in [0.29, 0.717) is 17.1 Å². The maximum absolute atomic E-state index is 2.77. The molecular formula is C15H30N2. The summed E-state index contributed by atoms with van der Waals surface area (Å²) in [6.45, 7) is 17.9. The van der Waals surface area contributed by atoms with Crippen LogP contribution in [0.1, 0.15) is 61.3 Å². The van der Waals surface area contributed by atoms with Crippen LogP contribution in [0.3, 0.4) is 0 Å². The second-order valence-corrected chi connectivity index (χ2v) is 7.94. The van der Waals surface area contributed by atoms with E-state index in [1.165, 1.54) is 19.4 Å². The molecule has 3 aliphatic heterocycles. The molecule has 0 amide bonds. The van der Waals surface area contributed by atoms with E-state index in [-0.39, 0.29) is 0 Å². The summed E-state index contributed by atoms with van der Waals surface area (Å²) in [5.74, 6) is 0. The molecule has 0 saturated carbocycles. The topological polar surface area (TPSA) is 6.48 Å². The van der Waals surface area contributed by atoms with Crippen molar-refractivity contribution in [2.24, 2.45) is 0 Å². The lowest BCUT2D eigenvalue weighted by Gasteiger charge is -2.62. The highest BCUT2D eigenvalue weighted by Crippen LogP contribution is 2.40. The zero-order valence-electron chi connectivity index (χ0n) is 12.7. The molecule has 3 atom stereocenters. The molecule has 3 rings (SSSR count). The molecule has 3 aliphatic rings. The van der Waals surface area contributed by atoms with Crippen LogP contribution in [0.15, 0.2) is 0 Å². The predicted octanol–water partition coefficient (Wildman–Crippen LogP) is 3.12. The maximum atomic E-state index is 2.77. The van der Waals surface area contributed by atoms with Crippen LogP contribution in [0.4, 0.5) is 0 Å². The molecule has 0 radical (unpaired) electrons. The van der Waals surface area contributed by atoms with Gasteiger partial charge in [0.15, 0.2) is 0 Å². The molecule has 2 heteroatoms. The van der Waals surface area contributed by atoms with E-state index < -0.39 is 0 Å². The first kappa shape index (κ1) is 13.4. The number of nitrogens with zero attached hydrogens (tertiary/aromatic N) is 2. The van der Waals surface area contributed by atoms with Crippen LogP contribution in [0.2, 0.25) is 0 Å². The van der Waals surface area contributed by atoms with E-state index in [4.69, 9.17) is 0 Å². The van der Waals surface area contributed by atoms with Crippen molar-refractivity contribution in [2.75, 3.05) is 6.54 Å². The normalized spacial score (nSPS) is 36.5. The highest BCUT2D eigenvalue weighted by molar-refractivity contribution is 5.06. The second kappa shape index (κ2) is 3.96. The first-order valence-corrected chi connectivity index (χ1v) is 7.17. The van der Waals surface area contributed by atoms with Crippen molar-refractivity contribution >= 4 is 0 Å². The average Bonchev–Trinajstić information content (AvgIpc) is 2.14. The van der Waals surface area contributed by atoms with Gasteiger partial charge >= 0.3 is 0 Å². The monoisotopic (exact) mass is 238 g/mol. The number of hydrogen-bond acceptors (Lipinski definition) is 2. The summed E-state index contributed by atoms with van der Waals surface area (Å²) in [5, 5.41) is 0. The fraction of sp³-hybridized carbons (Fsp3) is 1.00. The second-order valence-electron chi connectivity index (χ2n) is 7.94. The van der Waals surface area contributed by atoms with E-state index in [0.717, 1.165) is 12.1 Å². The summed E-state index contributed by atoms with van der Waals surface area (Å²) in [4.78, 5) is 5.51. The summed E-state index contributed by atoms with van der Waals surface area (Å²) < 4.78 is 0. The third-order valence-electron chi connectivity index (χ3n) is 4.63. The number of fused-ring (bicyclic) bond motifs is 3. The quantitative estimate of drug-likeness (QED) is 0.640. The van der Waals surface area contributed by atoms with Crippen molar-refractivity contribution in [1.82, 2.24) is 9.80 Å². The van der Waals surface area contributed by atoms with Crippen LogP contribution in [-0.4, -0.2) is 45.5 Å². The molecule has 3 fully saturated rings. The lowest BCUT2D eigenvalue weighted by Crippen LogP contribution is -2.73. The van der Waals surface area contributed by atoms with E-state index in [1.54, 1.807) is 0 Å². The summed E-state index contributed by atoms with van der Waals surface area (Å²) >= 11 is 0. The van der Waals surface area contributed by atoms with Crippen LogP contribution in [0.5, 0.6) is 0 Å². The molecule has 2 nitrogen and oxygen atoms in total. The predicted molar refractivity (Wildman–Crippen MR) is 74.3 cm³/mol. The van der Waals surface area contributed by atoms with Gasteiger partial charge in [0.1, 0.15) is 0 Å². The fourth-order valence-corrected chi connectivity index (χ4v) is 4.15. The maximum Gasteiger partial charge on any atom is 0.0255 e. The van der Waals surface area contributed by atoms with Crippen LogP contribution < -0.4 is 0 Å². The Morgan fingerprint density at radius 3 is 1.88 bits per heavy atom. The molecule has 0 N–H and O–H groups in total. The van der Waals surface area contributed by atoms with E-state index >= 15 is 0 Å². The van der Waals surface area contributed by atoms with Crippen LogP contribution in [-0.2, 0) is 0 Å². The Morgan fingerprint density at radius 1 is 0.882 bits per heavy atom. The van der Waals surface area contributed by atoms with Crippen LogP contribution >= 0.6 is 0 Å². The van der Waals surface area contributed by atoms with Gasteiger partial charge in [0.25, 0.3) is 0 Å². The minimum absolute atomic E-state index is 0.312. The standard InChI is InChI=1S/C15H30N2/c1-11-13-9-8-12(17(11)15(5,6)7)10-16(13)14(2,3)4/h11-13H,8-10H2,1-7H3. The SMILES string of the molecule is CC1C2CCC(CN2C(C)(C)C)N1C(C)(C)C. The highest BCUT2D eigenvalue weighted by Gasteiger charge is 2.49. The Hall–Kier alpha value is -0.0800. The van der Waals surface area contributed by atoms with Gasteiger partial charge in [-0.05, 0) is 61.3 Å². The minimum atomic E-state index is 0.312. The van der Waals surface area contributed by atoms with Crippen molar-refractivity contribution in [3.63, 3.8) is 0 Å². The largest absolute Gasteiger partial charge is 0.292 e. The summed E-state index contributed by atoms with van der Waals surface area (Å²) in [5.41, 5.74) is 0.633. The first-order valence-electron chi connectivity index (χ1n) is 7.17. The summed E-state index contributed by atoms with van der Waals surface area (Å²) in [7, 11) is 0. The minimum Gasteiger partial charge on any atom is -0.292 e. The molecule has 0 aliphatic carbocycles. The lowest BCUT2D eigenvalue weighted by atomic mass is 9.79. The van der Waals surface area contributed by atoms with Gasteiger partial charge < -0.3 is 0 Å². The molecule has 0 aromatic carbocycles. The number of piperazine rings is 1. The molecule has 2 bridgehead atoms. The van der Waals surface area contributed by atoms with Crippen molar-refractivity contribution in [3.8, 4) is 0 Å². The van der Waals surface area contributed by atoms with Gasteiger partial charge in [-0.1, -0.05) is 0 Å². The summed E-state index contributed by atoms with van der Waals surface area (Å²) in [6, 6.07) is 2.20. The molecule has 0 aromatic heterocycles. The van der Waals surface area contributed by atoms with Gasteiger partial charge in [0.2, 0.25) is 0 Å². The average molecular weight is 238 g/mol. The Kier molecular flexibility index (Phi) is 3.11. The van der Waals surface area contributed by atoms with Gasteiger partial charge in [0, 0.05) is 35.7 Å². The van der Waals surface area contributed by atoms with E-state index in [2.05, 4.69) is 58.3 Å². The summed E-state index contributed by atoms with van der Waals surface area (Å²) in [6.07, 6.45) is 2.77. The lowest BCUT2D eigenvalue weighted by molar-refractivity contribution is -0.128. The van der Waals surface area contributed by atoms with E-state index in [9.17, 15) is 0 Å². The molecule has 3 unspecified atom stereocenters. The zero-order valence-corrected chi connectivity index (χ0v) is 12.7. The van der Waals surface area contributed by atoms with Gasteiger partial charge in [-0.3, -0.25) is 9.80 Å². The highest BCUT2D eigenvalue weighted by atomic mass is 15.4. The van der Waals surface area contributed by atoms with Gasteiger partial charge in [-0.15, -0.1) is 0 Å². The number of hydrogen-bond donors (Lipinski definition) is 0. The van der Waals surface area contributed by atoms with Crippen molar-refractivity contribution in [1.29, 1.82) is 0 Å². The molecule has 100 valence electrons. The Bertz CT molecular complexity index is 282. The Labute approximate surface area is 107 Å². The Morgan fingerprint density at radius 2 is 1.47 bits per heavy atom. The van der Waals surface area contributed by atoms with Crippen LogP contribution in [0, 0.1) is 0 Å². The first-order chi connectivity index (χ1) is 7.62. The molecule has 0 aromatic rings. The molecule has 17 heavy (non-hydrogen) atoms. The van der Waals surface area contributed by atoms with E-state index in [1.807, 2.05) is 0 Å². The van der Waals surface area contributed by atoms with Crippen molar-refractivity contribution in [2.45, 2.75) is 90.5 Å². The van der Waals surface area contributed by atoms with Crippen LogP contribution in [0.25, 0.3) is 0 Å². The Balaban J connectivity index is 2.24. The third kappa shape index (κ3) is 2.26. The van der Waals surface area contributed by atoms with Gasteiger partial charge in [0.05, 0.1) is 0 Å². The molecule has 3 saturated heterocycles. The molecule has 3 heterocycles. The molecule has 0 spiro atoms.